The van der Waals surface area contributed by atoms with Crippen LogP contribution < -0.4 is 4.74 Å². The molecule has 1 aromatic rings. The molecule has 82 valence electrons. The first kappa shape index (κ1) is 11.9. The number of rotatable bonds is 6. The van der Waals surface area contributed by atoms with Crippen LogP contribution in [0.1, 0.15) is 19.3 Å². The Hall–Kier alpha value is -1.22. The molecule has 4 heteroatoms. The van der Waals surface area contributed by atoms with Gasteiger partial charge in [-0.05, 0) is 31.0 Å². The molecule has 0 heterocycles. The summed E-state index contributed by atoms with van der Waals surface area (Å²) in [4.78, 5) is 10.2. The van der Waals surface area contributed by atoms with Crippen molar-refractivity contribution in [2.24, 2.45) is 0 Å². The lowest BCUT2D eigenvalue weighted by Crippen LogP contribution is -2.00. The molecule has 1 rings (SSSR count). The highest BCUT2D eigenvalue weighted by Crippen LogP contribution is 2.17. The topological polar surface area (TPSA) is 46.5 Å². The van der Waals surface area contributed by atoms with E-state index in [1.54, 1.807) is 12.1 Å². The zero-order valence-corrected chi connectivity index (χ0v) is 9.04. The number of aliphatic carboxylic acids is 1. The molecule has 0 unspecified atom stereocenters. The van der Waals surface area contributed by atoms with Gasteiger partial charge in [-0.1, -0.05) is 17.7 Å². The molecule has 0 bridgehead atoms. The minimum Gasteiger partial charge on any atom is -0.494 e. The molecule has 0 aliphatic heterocycles. The summed E-state index contributed by atoms with van der Waals surface area (Å²) in [7, 11) is 0. The van der Waals surface area contributed by atoms with Gasteiger partial charge in [0, 0.05) is 11.4 Å². The summed E-state index contributed by atoms with van der Waals surface area (Å²) in [5.74, 6) is -0.0458. The molecule has 0 saturated heterocycles. The molecule has 0 fully saturated rings. The van der Waals surface area contributed by atoms with Crippen molar-refractivity contribution in [3.8, 4) is 5.75 Å². The van der Waals surface area contributed by atoms with Gasteiger partial charge in [0.05, 0.1) is 6.61 Å². The summed E-state index contributed by atoms with van der Waals surface area (Å²) >= 11 is 5.77. The number of benzene rings is 1. The Bertz CT molecular complexity index is 325. The molecule has 15 heavy (non-hydrogen) atoms. The molecular formula is C11H13ClO3. The Balaban J connectivity index is 2.17. The van der Waals surface area contributed by atoms with Gasteiger partial charge < -0.3 is 9.84 Å². The SMILES string of the molecule is O=C(O)CCCCOc1cccc(Cl)c1. The molecule has 1 aromatic carbocycles. The first-order chi connectivity index (χ1) is 7.18. The van der Waals surface area contributed by atoms with Crippen molar-refractivity contribution in [3.05, 3.63) is 29.3 Å². The van der Waals surface area contributed by atoms with Crippen LogP contribution in [0.25, 0.3) is 0 Å². The number of unbranched alkanes of at least 4 members (excludes halogenated alkanes) is 1. The van der Waals surface area contributed by atoms with Gasteiger partial charge in [-0.15, -0.1) is 0 Å². The lowest BCUT2D eigenvalue weighted by molar-refractivity contribution is -0.137. The Labute approximate surface area is 93.6 Å². The van der Waals surface area contributed by atoms with Crippen molar-refractivity contribution in [3.63, 3.8) is 0 Å². The third-order valence-corrected chi connectivity index (χ3v) is 2.08. The second-order valence-electron chi connectivity index (χ2n) is 3.16. The highest BCUT2D eigenvalue weighted by molar-refractivity contribution is 6.30. The van der Waals surface area contributed by atoms with Gasteiger partial charge in [0.25, 0.3) is 0 Å². The fourth-order valence-electron chi connectivity index (χ4n) is 1.13. The number of ether oxygens (including phenoxy) is 1. The number of carbonyl (C=O) groups is 1. The second-order valence-corrected chi connectivity index (χ2v) is 3.59. The number of halogens is 1. The third kappa shape index (κ3) is 5.27. The van der Waals surface area contributed by atoms with Crippen LogP contribution in [0.15, 0.2) is 24.3 Å². The number of carboxylic acid groups (broad SMARTS) is 1. The standard InChI is InChI=1S/C11H13ClO3/c12-9-4-3-5-10(8-9)15-7-2-1-6-11(13)14/h3-5,8H,1-2,6-7H2,(H,13,14). The van der Waals surface area contributed by atoms with Crippen LogP contribution in [0, 0.1) is 0 Å². The number of carboxylic acids is 1. The van der Waals surface area contributed by atoms with Gasteiger partial charge in [-0.25, -0.2) is 0 Å². The normalized spacial score (nSPS) is 9.93. The molecule has 0 saturated carbocycles. The average molecular weight is 229 g/mol. The molecule has 3 nitrogen and oxygen atoms in total. The van der Waals surface area contributed by atoms with Gasteiger partial charge in [-0.2, -0.15) is 0 Å². The quantitative estimate of drug-likeness (QED) is 0.762. The van der Waals surface area contributed by atoms with Crippen LogP contribution in [0.5, 0.6) is 5.75 Å². The molecule has 0 aromatic heterocycles. The van der Waals surface area contributed by atoms with E-state index in [-0.39, 0.29) is 6.42 Å². The van der Waals surface area contributed by atoms with Crippen LogP contribution >= 0.6 is 11.6 Å². The fourth-order valence-corrected chi connectivity index (χ4v) is 1.31. The molecule has 0 aliphatic rings. The summed E-state index contributed by atoms with van der Waals surface area (Å²) in [5.41, 5.74) is 0. The van der Waals surface area contributed by atoms with Crippen LogP contribution in [-0.4, -0.2) is 17.7 Å². The maximum Gasteiger partial charge on any atom is 0.303 e. The van der Waals surface area contributed by atoms with Crippen LogP contribution in [-0.2, 0) is 4.79 Å². The van der Waals surface area contributed by atoms with Gasteiger partial charge in [0.2, 0.25) is 0 Å². The van der Waals surface area contributed by atoms with Gasteiger partial charge in [0.1, 0.15) is 5.75 Å². The van der Waals surface area contributed by atoms with Crippen molar-refractivity contribution in [2.75, 3.05) is 6.61 Å². The van der Waals surface area contributed by atoms with Gasteiger partial charge in [0.15, 0.2) is 0 Å². The predicted octanol–water partition coefficient (Wildman–Crippen LogP) is 2.97. The van der Waals surface area contributed by atoms with E-state index < -0.39 is 5.97 Å². The van der Waals surface area contributed by atoms with E-state index >= 15 is 0 Å². The summed E-state index contributed by atoms with van der Waals surface area (Å²) in [6.45, 7) is 0.521. The monoisotopic (exact) mass is 228 g/mol. The first-order valence-electron chi connectivity index (χ1n) is 4.78. The highest BCUT2D eigenvalue weighted by atomic mass is 35.5. The summed E-state index contributed by atoms with van der Waals surface area (Å²) in [6.07, 6.45) is 1.56. The number of hydrogen-bond acceptors (Lipinski definition) is 2. The van der Waals surface area contributed by atoms with Crippen molar-refractivity contribution in [2.45, 2.75) is 19.3 Å². The van der Waals surface area contributed by atoms with E-state index in [0.717, 1.165) is 12.2 Å². The van der Waals surface area contributed by atoms with Crippen LogP contribution in [0.4, 0.5) is 0 Å². The first-order valence-corrected chi connectivity index (χ1v) is 5.16. The van der Waals surface area contributed by atoms with E-state index in [2.05, 4.69) is 0 Å². The summed E-state index contributed by atoms with van der Waals surface area (Å²) < 4.78 is 5.39. The molecule has 1 N–H and O–H groups in total. The molecule has 0 spiro atoms. The third-order valence-electron chi connectivity index (χ3n) is 1.85. The van der Waals surface area contributed by atoms with Crippen LogP contribution in [0.2, 0.25) is 5.02 Å². The Morgan fingerprint density at radius 2 is 2.20 bits per heavy atom. The zero-order valence-electron chi connectivity index (χ0n) is 8.28. The molecule has 0 amide bonds. The maximum absolute atomic E-state index is 10.2. The summed E-state index contributed by atoms with van der Waals surface area (Å²) in [6, 6.07) is 7.15. The average Bonchev–Trinajstić information content (AvgIpc) is 2.17. The van der Waals surface area contributed by atoms with Crippen molar-refractivity contribution in [1.29, 1.82) is 0 Å². The molecule has 0 atom stereocenters. The highest BCUT2D eigenvalue weighted by Gasteiger charge is 1.97. The Morgan fingerprint density at radius 3 is 2.87 bits per heavy atom. The van der Waals surface area contributed by atoms with E-state index in [4.69, 9.17) is 21.4 Å². The molecule has 0 aliphatic carbocycles. The Morgan fingerprint density at radius 1 is 1.40 bits per heavy atom. The summed E-state index contributed by atoms with van der Waals surface area (Å²) in [5, 5.41) is 9.05. The second kappa shape index (κ2) is 6.30. The van der Waals surface area contributed by atoms with Crippen molar-refractivity contribution < 1.29 is 14.6 Å². The zero-order chi connectivity index (χ0) is 11.1. The lowest BCUT2D eigenvalue weighted by Gasteiger charge is -2.05. The van der Waals surface area contributed by atoms with E-state index in [9.17, 15) is 4.79 Å². The van der Waals surface area contributed by atoms with Gasteiger partial charge in [-0.3, -0.25) is 4.79 Å². The largest absolute Gasteiger partial charge is 0.494 e. The minimum absolute atomic E-state index is 0.193. The Kier molecular flexibility index (Phi) is 4.98. The van der Waals surface area contributed by atoms with E-state index in [1.165, 1.54) is 0 Å². The van der Waals surface area contributed by atoms with Gasteiger partial charge >= 0.3 is 5.97 Å². The minimum atomic E-state index is -0.766. The number of hydrogen-bond donors (Lipinski definition) is 1. The molecule has 0 radical (unpaired) electrons. The van der Waals surface area contributed by atoms with E-state index in [0.29, 0.717) is 18.1 Å². The van der Waals surface area contributed by atoms with Crippen molar-refractivity contribution in [1.82, 2.24) is 0 Å². The van der Waals surface area contributed by atoms with Crippen molar-refractivity contribution >= 4 is 17.6 Å². The van der Waals surface area contributed by atoms with Crippen LogP contribution in [0.3, 0.4) is 0 Å². The fraction of sp³-hybridized carbons (Fsp3) is 0.364. The lowest BCUT2D eigenvalue weighted by atomic mass is 10.2. The predicted molar refractivity (Wildman–Crippen MR) is 58.4 cm³/mol. The maximum atomic E-state index is 10.2. The molecular weight excluding hydrogens is 216 g/mol. The van der Waals surface area contributed by atoms with E-state index in [1.807, 2.05) is 12.1 Å². The smallest absolute Gasteiger partial charge is 0.303 e.